The molecule has 1 N–H and O–H groups in total. The van der Waals surface area contributed by atoms with E-state index in [0.29, 0.717) is 18.8 Å². The summed E-state index contributed by atoms with van der Waals surface area (Å²) in [6.45, 7) is 0.849. The first kappa shape index (κ1) is 13.3. The van der Waals surface area contributed by atoms with Crippen molar-refractivity contribution in [3.05, 3.63) is 58.3 Å². The van der Waals surface area contributed by atoms with E-state index in [4.69, 9.17) is 0 Å². The number of rotatable bonds is 4. The Morgan fingerprint density at radius 3 is 3.05 bits per heavy atom. The summed E-state index contributed by atoms with van der Waals surface area (Å²) in [5.74, 6) is 0.548. The number of pyridine rings is 1. The van der Waals surface area contributed by atoms with Crippen LogP contribution in [0.1, 0.15) is 23.5 Å². The SMILES string of the molecule is O=C(Cc1cncc(Br)c1)CC1CNc2ccccc21. The number of Topliss-reactive ketones (excluding diaryl/α,β-unsaturated/α-hetero) is 1. The molecule has 0 spiro atoms. The number of ketones is 1. The highest BCUT2D eigenvalue weighted by molar-refractivity contribution is 9.10. The second-order valence-corrected chi connectivity index (χ2v) is 6.01. The first-order valence-corrected chi connectivity index (χ1v) is 7.45. The summed E-state index contributed by atoms with van der Waals surface area (Å²) >= 11 is 3.38. The molecule has 1 aliphatic heterocycles. The van der Waals surface area contributed by atoms with E-state index < -0.39 is 0 Å². The van der Waals surface area contributed by atoms with Gasteiger partial charge in [0, 0.05) is 47.9 Å². The van der Waals surface area contributed by atoms with Crippen LogP contribution in [0.15, 0.2) is 47.2 Å². The van der Waals surface area contributed by atoms with Gasteiger partial charge in [0.25, 0.3) is 0 Å². The zero-order valence-electron chi connectivity index (χ0n) is 11.0. The predicted octanol–water partition coefficient (Wildman–Crippen LogP) is 3.56. The maximum atomic E-state index is 12.2. The molecule has 1 unspecified atom stereocenters. The fraction of sp³-hybridized carbons (Fsp3) is 0.250. The summed E-state index contributed by atoms with van der Waals surface area (Å²) < 4.78 is 0.913. The highest BCUT2D eigenvalue weighted by Crippen LogP contribution is 2.33. The van der Waals surface area contributed by atoms with Gasteiger partial charge in [-0.15, -0.1) is 0 Å². The minimum Gasteiger partial charge on any atom is -0.384 e. The number of nitrogens with zero attached hydrogens (tertiary/aromatic N) is 1. The van der Waals surface area contributed by atoms with E-state index in [-0.39, 0.29) is 5.78 Å². The van der Waals surface area contributed by atoms with E-state index in [1.54, 1.807) is 12.4 Å². The van der Waals surface area contributed by atoms with Crippen LogP contribution in [0.2, 0.25) is 0 Å². The maximum absolute atomic E-state index is 12.2. The van der Waals surface area contributed by atoms with Crippen molar-refractivity contribution in [3.63, 3.8) is 0 Å². The lowest BCUT2D eigenvalue weighted by Gasteiger charge is -2.09. The second kappa shape index (κ2) is 5.75. The number of para-hydroxylation sites is 1. The molecule has 4 heteroatoms. The van der Waals surface area contributed by atoms with Crippen LogP contribution >= 0.6 is 15.9 Å². The molecule has 0 bridgehead atoms. The Bertz CT molecular complexity index is 642. The molecule has 3 nitrogen and oxygen atoms in total. The largest absolute Gasteiger partial charge is 0.384 e. The smallest absolute Gasteiger partial charge is 0.138 e. The molecule has 102 valence electrons. The fourth-order valence-corrected chi connectivity index (χ4v) is 3.08. The van der Waals surface area contributed by atoms with E-state index >= 15 is 0 Å². The van der Waals surface area contributed by atoms with E-state index in [1.807, 2.05) is 18.2 Å². The van der Waals surface area contributed by atoms with Gasteiger partial charge in [-0.2, -0.15) is 0 Å². The number of carbonyl (C=O) groups excluding carboxylic acids is 1. The molecule has 1 aromatic carbocycles. The van der Waals surface area contributed by atoms with Crippen molar-refractivity contribution in [1.29, 1.82) is 0 Å². The van der Waals surface area contributed by atoms with Gasteiger partial charge < -0.3 is 5.32 Å². The molecule has 1 aromatic heterocycles. The van der Waals surface area contributed by atoms with Gasteiger partial charge >= 0.3 is 0 Å². The van der Waals surface area contributed by atoms with Crippen molar-refractivity contribution in [3.8, 4) is 0 Å². The molecular weight excluding hydrogens is 316 g/mol. The summed E-state index contributed by atoms with van der Waals surface area (Å²) in [6, 6.07) is 10.2. The lowest BCUT2D eigenvalue weighted by atomic mass is 9.94. The van der Waals surface area contributed by atoms with Gasteiger partial charge in [0.1, 0.15) is 5.78 Å². The van der Waals surface area contributed by atoms with Gasteiger partial charge in [-0.05, 0) is 39.2 Å². The van der Waals surface area contributed by atoms with Gasteiger partial charge in [0.05, 0.1) is 0 Å². The summed E-state index contributed by atoms with van der Waals surface area (Å²) in [7, 11) is 0. The molecule has 20 heavy (non-hydrogen) atoms. The van der Waals surface area contributed by atoms with E-state index in [0.717, 1.165) is 22.3 Å². The third-order valence-corrected chi connectivity index (χ3v) is 4.01. The number of benzene rings is 1. The van der Waals surface area contributed by atoms with Crippen molar-refractivity contribution in [1.82, 2.24) is 4.98 Å². The molecule has 0 amide bonds. The zero-order valence-corrected chi connectivity index (χ0v) is 12.6. The standard InChI is InChI=1S/C16H15BrN2O/c17-13-5-11(8-18-10-13)6-14(20)7-12-9-19-16-4-2-1-3-15(12)16/h1-5,8,10,12,19H,6-7,9H2. The number of anilines is 1. The normalized spacial score (nSPS) is 16.6. The first-order valence-electron chi connectivity index (χ1n) is 6.66. The van der Waals surface area contributed by atoms with E-state index in [2.05, 4.69) is 38.4 Å². The average molecular weight is 331 g/mol. The number of fused-ring (bicyclic) bond motifs is 1. The minimum atomic E-state index is 0.258. The van der Waals surface area contributed by atoms with Crippen molar-refractivity contribution >= 4 is 27.4 Å². The molecular formula is C16H15BrN2O. The maximum Gasteiger partial charge on any atom is 0.138 e. The van der Waals surface area contributed by atoms with Crippen molar-refractivity contribution in [2.24, 2.45) is 0 Å². The van der Waals surface area contributed by atoms with Gasteiger partial charge in [-0.25, -0.2) is 0 Å². The number of hydrogen-bond donors (Lipinski definition) is 1. The fourth-order valence-electron chi connectivity index (χ4n) is 2.67. The zero-order chi connectivity index (χ0) is 13.9. The molecule has 0 aliphatic carbocycles. The molecule has 3 rings (SSSR count). The first-order chi connectivity index (χ1) is 9.72. The number of nitrogens with one attached hydrogen (secondary N) is 1. The Morgan fingerprint density at radius 2 is 2.20 bits per heavy atom. The summed E-state index contributed by atoms with van der Waals surface area (Å²) in [4.78, 5) is 16.3. The van der Waals surface area contributed by atoms with Crippen molar-refractivity contribution in [2.75, 3.05) is 11.9 Å². The van der Waals surface area contributed by atoms with Crippen LogP contribution in [0.3, 0.4) is 0 Å². The van der Waals surface area contributed by atoms with Crippen LogP contribution in [-0.2, 0) is 11.2 Å². The summed E-state index contributed by atoms with van der Waals surface area (Å²) in [5, 5.41) is 3.36. The second-order valence-electron chi connectivity index (χ2n) is 5.10. The topological polar surface area (TPSA) is 42.0 Å². The van der Waals surface area contributed by atoms with Crippen LogP contribution in [0.4, 0.5) is 5.69 Å². The van der Waals surface area contributed by atoms with Crippen LogP contribution < -0.4 is 5.32 Å². The Morgan fingerprint density at radius 1 is 1.35 bits per heavy atom. The lowest BCUT2D eigenvalue weighted by molar-refractivity contribution is -0.118. The quantitative estimate of drug-likeness (QED) is 0.932. The number of halogens is 1. The molecule has 0 saturated heterocycles. The lowest BCUT2D eigenvalue weighted by Crippen LogP contribution is -2.11. The van der Waals surface area contributed by atoms with Gasteiger partial charge in [0.15, 0.2) is 0 Å². The molecule has 1 atom stereocenters. The predicted molar refractivity (Wildman–Crippen MR) is 82.9 cm³/mol. The van der Waals surface area contributed by atoms with E-state index in [1.165, 1.54) is 5.56 Å². The molecule has 0 saturated carbocycles. The number of aromatic nitrogens is 1. The van der Waals surface area contributed by atoms with Crippen LogP contribution in [0, 0.1) is 0 Å². The Balaban J connectivity index is 1.66. The minimum absolute atomic E-state index is 0.258. The summed E-state index contributed by atoms with van der Waals surface area (Å²) in [6.07, 6.45) is 4.51. The van der Waals surface area contributed by atoms with Crippen LogP contribution in [-0.4, -0.2) is 17.3 Å². The monoisotopic (exact) mass is 330 g/mol. The van der Waals surface area contributed by atoms with Gasteiger partial charge in [0.2, 0.25) is 0 Å². The third-order valence-electron chi connectivity index (χ3n) is 3.58. The third kappa shape index (κ3) is 2.90. The summed E-state index contributed by atoms with van der Waals surface area (Å²) in [5.41, 5.74) is 3.38. The number of hydrogen-bond acceptors (Lipinski definition) is 3. The van der Waals surface area contributed by atoms with Crippen LogP contribution in [0.25, 0.3) is 0 Å². The highest BCUT2D eigenvalue weighted by Gasteiger charge is 2.23. The molecule has 1 aliphatic rings. The van der Waals surface area contributed by atoms with Crippen molar-refractivity contribution in [2.45, 2.75) is 18.8 Å². The van der Waals surface area contributed by atoms with Crippen molar-refractivity contribution < 1.29 is 4.79 Å². The molecule has 0 fully saturated rings. The van der Waals surface area contributed by atoms with E-state index in [9.17, 15) is 4.79 Å². The molecule has 0 radical (unpaired) electrons. The van der Waals surface area contributed by atoms with Gasteiger partial charge in [-0.1, -0.05) is 18.2 Å². The highest BCUT2D eigenvalue weighted by atomic mass is 79.9. The Labute approximate surface area is 126 Å². The Hall–Kier alpha value is -1.68. The molecule has 2 aromatic rings. The van der Waals surface area contributed by atoms with Crippen LogP contribution in [0.5, 0.6) is 0 Å². The average Bonchev–Trinajstić information content (AvgIpc) is 2.82. The van der Waals surface area contributed by atoms with Gasteiger partial charge in [-0.3, -0.25) is 9.78 Å². The molecule has 2 heterocycles. The Kier molecular flexibility index (Phi) is 3.83. The number of carbonyl (C=O) groups is 1.